The molecule has 0 saturated carbocycles. The molecule has 2 rings (SSSR count). The van der Waals surface area contributed by atoms with E-state index < -0.39 is 0 Å². The fourth-order valence-electron chi connectivity index (χ4n) is 2.17. The van der Waals surface area contributed by atoms with Gasteiger partial charge in [-0.25, -0.2) is 0 Å². The van der Waals surface area contributed by atoms with Crippen LogP contribution >= 0.6 is 11.3 Å². The number of hydrogen-bond donors (Lipinski definition) is 2. The van der Waals surface area contributed by atoms with Crippen LogP contribution in [0.25, 0.3) is 10.2 Å². The number of nitrogens with one attached hydrogen (secondary N) is 1. The molecular formula is C14H19N3OS. The number of hydrogen-bond acceptors (Lipinski definition) is 4. The van der Waals surface area contributed by atoms with Crippen LogP contribution in [0.3, 0.4) is 0 Å². The zero-order valence-corrected chi connectivity index (χ0v) is 12.3. The summed E-state index contributed by atoms with van der Waals surface area (Å²) in [6.45, 7) is 6.15. The highest BCUT2D eigenvalue weighted by atomic mass is 32.1. The number of thiophene rings is 1. The summed E-state index contributed by atoms with van der Waals surface area (Å²) >= 11 is 1.39. The molecule has 3 N–H and O–H groups in total. The maximum Gasteiger partial charge on any atom is 0.263 e. The third-order valence-electron chi connectivity index (χ3n) is 3.02. The first-order chi connectivity index (χ1) is 8.94. The van der Waals surface area contributed by atoms with E-state index in [-0.39, 0.29) is 11.4 Å². The number of carbonyl (C=O) groups excluding carboxylic acids is 1. The van der Waals surface area contributed by atoms with Gasteiger partial charge in [-0.1, -0.05) is 13.3 Å². The number of nitrogens with zero attached hydrogens (tertiary/aromatic N) is 1. The summed E-state index contributed by atoms with van der Waals surface area (Å²) in [7, 11) is 0. The highest BCUT2D eigenvalue weighted by Crippen LogP contribution is 2.32. The topological polar surface area (TPSA) is 68.0 Å². The van der Waals surface area contributed by atoms with Gasteiger partial charge in [-0.05, 0) is 32.4 Å². The molecule has 2 aromatic heterocycles. The number of nitrogens with two attached hydrogens (primary N) is 1. The zero-order chi connectivity index (χ0) is 14.0. The van der Waals surface area contributed by atoms with Crippen LogP contribution in [-0.4, -0.2) is 16.4 Å². The Bertz CT molecular complexity index is 604. The lowest BCUT2D eigenvalue weighted by molar-refractivity contribution is 0.0914. The van der Waals surface area contributed by atoms with Gasteiger partial charge in [0.2, 0.25) is 0 Å². The van der Waals surface area contributed by atoms with Crippen LogP contribution in [0, 0.1) is 0 Å². The van der Waals surface area contributed by atoms with Crippen molar-refractivity contribution in [3.05, 3.63) is 23.2 Å². The molecule has 1 amide bonds. The van der Waals surface area contributed by atoms with Gasteiger partial charge in [-0.3, -0.25) is 9.78 Å². The summed E-state index contributed by atoms with van der Waals surface area (Å²) in [4.78, 5) is 17.1. The van der Waals surface area contributed by atoms with Crippen molar-refractivity contribution in [1.29, 1.82) is 0 Å². The summed E-state index contributed by atoms with van der Waals surface area (Å²) in [6, 6.07) is 3.78. The van der Waals surface area contributed by atoms with Crippen molar-refractivity contribution in [2.24, 2.45) is 0 Å². The lowest BCUT2D eigenvalue weighted by Gasteiger charge is -2.25. The Balaban J connectivity index is 2.29. The van der Waals surface area contributed by atoms with Gasteiger partial charge in [0.25, 0.3) is 5.91 Å². The maximum atomic E-state index is 12.3. The standard InChI is InChI=1S/C14H19N3OS/c1-4-7-14(2,3)17-13(18)12-10(15)11-9(19-12)6-5-8-16-11/h5-6,8H,4,7,15H2,1-3H3,(H,17,18). The minimum Gasteiger partial charge on any atom is -0.396 e. The second-order valence-electron chi connectivity index (χ2n) is 5.28. The molecule has 0 unspecified atom stereocenters. The van der Waals surface area contributed by atoms with Crippen molar-refractivity contribution < 1.29 is 4.79 Å². The van der Waals surface area contributed by atoms with E-state index in [1.807, 2.05) is 26.0 Å². The van der Waals surface area contributed by atoms with Crippen LogP contribution in [-0.2, 0) is 0 Å². The third-order valence-corrected chi connectivity index (χ3v) is 4.17. The Morgan fingerprint density at radius 2 is 2.26 bits per heavy atom. The van der Waals surface area contributed by atoms with Gasteiger partial charge in [0, 0.05) is 11.7 Å². The molecule has 0 radical (unpaired) electrons. The fraction of sp³-hybridized carbons (Fsp3) is 0.429. The van der Waals surface area contributed by atoms with Gasteiger partial charge >= 0.3 is 0 Å². The summed E-state index contributed by atoms with van der Waals surface area (Å²) in [5, 5.41) is 3.04. The van der Waals surface area contributed by atoms with E-state index in [4.69, 9.17) is 5.73 Å². The average Bonchev–Trinajstić information content (AvgIpc) is 2.67. The quantitative estimate of drug-likeness (QED) is 0.901. The highest BCUT2D eigenvalue weighted by Gasteiger charge is 2.23. The number of nitrogen functional groups attached to an aromatic ring is 1. The molecule has 0 aliphatic rings. The second-order valence-corrected chi connectivity index (χ2v) is 6.34. The summed E-state index contributed by atoms with van der Waals surface area (Å²) in [6.07, 6.45) is 3.65. The lowest BCUT2D eigenvalue weighted by Crippen LogP contribution is -2.43. The highest BCUT2D eigenvalue weighted by molar-refractivity contribution is 7.21. The van der Waals surface area contributed by atoms with Crippen molar-refractivity contribution in [1.82, 2.24) is 10.3 Å². The molecule has 0 aliphatic carbocycles. The van der Waals surface area contributed by atoms with Gasteiger partial charge in [-0.15, -0.1) is 11.3 Å². The Morgan fingerprint density at radius 3 is 2.89 bits per heavy atom. The largest absolute Gasteiger partial charge is 0.396 e. The molecular weight excluding hydrogens is 258 g/mol. The molecule has 0 atom stereocenters. The van der Waals surface area contributed by atoms with Crippen LogP contribution in [0.2, 0.25) is 0 Å². The number of pyridine rings is 1. The van der Waals surface area contributed by atoms with E-state index in [1.165, 1.54) is 11.3 Å². The molecule has 5 heteroatoms. The first-order valence-corrected chi connectivity index (χ1v) is 7.22. The van der Waals surface area contributed by atoms with Gasteiger partial charge in [-0.2, -0.15) is 0 Å². The van der Waals surface area contributed by atoms with E-state index in [9.17, 15) is 4.79 Å². The smallest absolute Gasteiger partial charge is 0.263 e. The van der Waals surface area contributed by atoms with Crippen molar-refractivity contribution in [2.45, 2.75) is 39.2 Å². The molecule has 4 nitrogen and oxygen atoms in total. The predicted octanol–water partition coefficient (Wildman–Crippen LogP) is 3.19. The molecule has 0 fully saturated rings. The van der Waals surface area contributed by atoms with Crippen molar-refractivity contribution in [3.63, 3.8) is 0 Å². The van der Waals surface area contributed by atoms with Crippen molar-refractivity contribution in [3.8, 4) is 0 Å². The molecule has 0 bridgehead atoms. The van der Waals surface area contributed by atoms with Crippen LogP contribution < -0.4 is 11.1 Å². The fourth-order valence-corrected chi connectivity index (χ4v) is 3.14. The van der Waals surface area contributed by atoms with Gasteiger partial charge in [0.15, 0.2) is 0 Å². The van der Waals surface area contributed by atoms with Crippen molar-refractivity contribution >= 4 is 33.1 Å². The number of rotatable bonds is 4. The Labute approximate surface area is 117 Å². The van der Waals surface area contributed by atoms with E-state index in [1.54, 1.807) is 6.20 Å². The molecule has 2 heterocycles. The van der Waals surface area contributed by atoms with Crippen LogP contribution in [0.15, 0.2) is 18.3 Å². The average molecular weight is 277 g/mol. The van der Waals surface area contributed by atoms with Gasteiger partial charge in [0.05, 0.1) is 10.4 Å². The first-order valence-electron chi connectivity index (χ1n) is 6.40. The monoisotopic (exact) mass is 277 g/mol. The number of amides is 1. The van der Waals surface area contributed by atoms with E-state index >= 15 is 0 Å². The second kappa shape index (κ2) is 5.17. The molecule has 19 heavy (non-hydrogen) atoms. The molecule has 102 valence electrons. The van der Waals surface area contributed by atoms with Gasteiger partial charge < -0.3 is 11.1 Å². The van der Waals surface area contributed by atoms with Crippen LogP contribution in [0.1, 0.15) is 43.3 Å². The minimum absolute atomic E-state index is 0.112. The summed E-state index contributed by atoms with van der Waals surface area (Å²) in [5.74, 6) is -0.112. The molecule has 0 aliphatic heterocycles. The SMILES string of the molecule is CCCC(C)(C)NC(=O)c1sc2cccnc2c1N. The first kappa shape index (κ1) is 13.8. The Morgan fingerprint density at radius 1 is 1.53 bits per heavy atom. The maximum absolute atomic E-state index is 12.3. The summed E-state index contributed by atoms with van der Waals surface area (Å²) in [5.41, 5.74) is 6.99. The lowest BCUT2D eigenvalue weighted by atomic mass is 9.99. The van der Waals surface area contributed by atoms with E-state index in [2.05, 4.69) is 17.2 Å². The molecule has 2 aromatic rings. The van der Waals surface area contributed by atoms with E-state index in [0.29, 0.717) is 16.1 Å². The van der Waals surface area contributed by atoms with Crippen molar-refractivity contribution in [2.75, 3.05) is 5.73 Å². The van der Waals surface area contributed by atoms with Crippen LogP contribution in [0.5, 0.6) is 0 Å². The summed E-state index contributed by atoms with van der Waals surface area (Å²) < 4.78 is 0.943. The molecule has 0 saturated heterocycles. The van der Waals surface area contributed by atoms with Gasteiger partial charge in [0.1, 0.15) is 10.4 Å². The minimum atomic E-state index is -0.220. The number of anilines is 1. The Hall–Kier alpha value is -1.62. The number of carbonyl (C=O) groups is 1. The molecule has 0 aromatic carbocycles. The zero-order valence-electron chi connectivity index (χ0n) is 11.5. The molecule has 0 spiro atoms. The normalized spacial score (nSPS) is 11.7. The van der Waals surface area contributed by atoms with Crippen LogP contribution in [0.4, 0.5) is 5.69 Å². The Kier molecular flexibility index (Phi) is 3.75. The number of aromatic nitrogens is 1. The predicted molar refractivity (Wildman–Crippen MR) is 80.5 cm³/mol. The van der Waals surface area contributed by atoms with E-state index in [0.717, 1.165) is 17.5 Å². The number of fused-ring (bicyclic) bond motifs is 1. The third kappa shape index (κ3) is 2.87.